The molecule has 0 aliphatic heterocycles. The third-order valence-corrected chi connectivity index (χ3v) is 3.65. The SMILES string of the molecule is Cc1cccc(-c2[nH]ncc2-c2n[nH]c(C3CC3)n2)c1. The van der Waals surface area contributed by atoms with Gasteiger partial charge < -0.3 is 0 Å². The van der Waals surface area contributed by atoms with Crippen LogP contribution in [0.3, 0.4) is 0 Å². The van der Waals surface area contributed by atoms with Crippen LogP contribution in [0.5, 0.6) is 0 Å². The number of aromatic amines is 2. The summed E-state index contributed by atoms with van der Waals surface area (Å²) in [5.41, 5.74) is 4.24. The van der Waals surface area contributed by atoms with Crippen LogP contribution in [0, 0.1) is 6.92 Å². The fourth-order valence-electron chi connectivity index (χ4n) is 2.41. The third kappa shape index (κ3) is 1.91. The summed E-state index contributed by atoms with van der Waals surface area (Å²) in [7, 11) is 0. The van der Waals surface area contributed by atoms with Gasteiger partial charge in [-0.15, -0.1) is 0 Å². The molecule has 0 atom stereocenters. The van der Waals surface area contributed by atoms with E-state index in [1.54, 1.807) is 6.20 Å². The van der Waals surface area contributed by atoms with E-state index >= 15 is 0 Å². The molecule has 2 aromatic heterocycles. The zero-order chi connectivity index (χ0) is 13.5. The first-order valence-electron chi connectivity index (χ1n) is 6.84. The molecule has 5 nitrogen and oxygen atoms in total. The highest BCUT2D eigenvalue weighted by Gasteiger charge is 2.27. The number of benzene rings is 1. The highest BCUT2D eigenvalue weighted by Crippen LogP contribution is 2.39. The molecule has 1 aliphatic carbocycles. The third-order valence-electron chi connectivity index (χ3n) is 3.65. The van der Waals surface area contributed by atoms with Crippen molar-refractivity contribution in [3.8, 4) is 22.6 Å². The van der Waals surface area contributed by atoms with Crippen molar-refractivity contribution in [2.24, 2.45) is 0 Å². The van der Waals surface area contributed by atoms with E-state index in [0.29, 0.717) is 5.92 Å². The monoisotopic (exact) mass is 265 g/mol. The summed E-state index contributed by atoms with van der Waals surface area (Å²) in [5, 5.41) is 14.6. The molecule has 1 aliphatic rings. The predicted molar refractivity (Wildman–Crippen MR) is 76.1 cm³/mol. The molecular formula is C15H15N5. The molecule has 0 bridgehead atoms. The average molecular weight is 265 g/mol. The molecule has 0 unspecified atom stereocenters. The standard InChI is InChI=1S/C15H15N5/c1-9-3-2-4-11(7-9)13-12(8-16-18-13)15-17-14(19-20-15)10-5-6-10/h2-4,7-8,10H,5-6H2,1H3,(H,16,18)(H,17,19,20). The highest BCUT2D eigenvalue weighted by molar-refractivity contribution is 5.77. The van der Waals surface area contributed by atoms with Crippen molar-refractivity contribution in [2.45, 2.75) is 25.7 Å². The second kappa shape index (κ2) is 4.30. The average Bonchev–Trinajstić information content (AvgIpc) is 3.01. The number of hydrogen-bond acceptors (Lipinski definition) is 3. The molecule has 0 radical (unpaired) electrons. The Morgan fingerprint density at radius 3 is 2.90 bits per heavy atom. The van der Waals surface area contributed by atoms with Crippen LogP contribution in [-0.2, 0) is 0 Å². The minimum Gasteiger partial charge on any atom is -0.277 e. The number of hydrogen-bond donors (Lipinski definition) is 2. The predicted octanol–water partition coefficient (Wildman–Crippen LogP) is 3.05. The number of rotatable bonds is 3. The summed E-state index contributed by atoms with van der Waals surface area (Å²) in [6, 6.07) is 8.32. The van der Waals surface area contributed by atoms with Crippen LogP contribution in [-0.4, -0.2) is 25.4 Å². The van der Waals surface area contributed by atoms with Gasteiger partial charge in [0.1, 0.15) is 5.82 Å². The number of aromatic nitrogens is 5. The Kier molecular flexibility index (Phi) is 2.45. The number of nitrogens with zero attached hydrogens (tertiary/aromatic N) is 3. The zero-order valence-electron chi connectivity index (χ0n) is 11.2. The Balaban J connectivity index is 1.77. The molecule has 1 saturated carbocycles. The van der Waals surface area contributed by atoms with E-state index in [4.69, 9.17) is 0 Å². The van der Waals surface area contributed by atoms with Gasteiger partial charge >= 0.3 is 0 Å². The summed E-state index contributed by atoms with van der Waals surface area (Å²) < 4.78 is 0. The van der Waals surface area contributed by atoms with Gasteiger partial charge in [0.25, 0.3) is 0 Å². The lowest BCUT2D eigenvalue weighted by molar-refractivity contribution is 0.935. The molecule has 0 saturated heterocycles. The topological polar surface area (TPSA) is 70.2 Å². The van der Waals surface area contributed by atoms with E-state index in [1.807, 2.05) is 6.07 Å². The van der Waals surface area contributed by atoms with Crippen molar-refractivity contribution >= 4 is 0 Å². The van der Waals surface area contributed by atoms with Crippen LogP contribution in [0.15, 0.2) is 30.5 Å². The highest BCUT2D eigenvalue weighted by atomic mass is 15.2. The first-order chi connectivity index (χ1) is 9.81. The Morgan fingerprint density at radius 1 is 1.20 bits per heavy atom. The normalized spacial score (nSPS) is 14.7. The van der Waals surface area contributed by atoms with E-state index in [0.717, 1.165) is 28.5 Å². The molecule has 0 amide bonds. The van der Waals surface area contributed by atoms with Gasteiger partial charge in [0.05, 0.1) is 17.5 Å². The number of nitrogens with one attached hydrogen (secondary N) is 2. The maximum atomic E-state index is 4.60. The number of aryl methyl sites for hydroxylation is 1. The molecular weight excluding hydrogens is 250 g/mol. The second-order valence-corrected chi connectivity index (χ2v) is 5.35. The van der Waals surface area contributed by atoms with Crippen LogP contribution < -0.4 is 0 Å². The van der Waals surface area contributed by atoms with Crippen LogP contribution in [0.2, 0.25) is 0 Å². The summed E-state index contributed by atoms with van der Waals surface area (Å²) in [6.07, 6.45) is 4.22. The van der Waals surface area contributed by atoms with E-state index < -0.39 is 0 Å². The smallest absolute Gasteiger partial charge is 0.184 e. The van der Waals surface area contributed by atoms with E-state index in [1.165, 1.54) is 18.4 Å². The minimum absolute atomic E-state index is 0.575. The van der Waals surface area contributed by atoms with Crippen molar-refractivity contribution in [3.63, 3.8) is 0 Å². The molecule has 100 valence electrons. The van der Waals surface area contributed by atoms with Crippen molar-refractivity contribution in [1.82, 2.24) is 25.4 Å². The molecule has 3 aromatic rings. The molecule has 1 fully saturated rings. The summed E-state index contributed by atoms with van der Waals surface area (Å²) in [4.78, 5) is 4.60. The van der Waals surface area contributed by atoms with Gasteiger partial charge in [-0.05, 0) is 25.8 Å². The second-order valence-electron chi connectivity index (χ2n) is 5.35. The summed E-state index contributed by atoms with van der Waals surface area (Å²) in [5.74, 6) is 2.29. The lowest BCUT2D eigenvalue weighted by Gasteiger charge is -2.01. The molecule has 4 rings (SSSR count). The molecule has 0 spiro atoms. The van der Waals surface area contributed by atoms with Gasteiger partial charge in [-0.25, -0.2) is 4.98 Å². The van der Waals surface area contributed by atoms with Crippen LogP contribution >= 0.6 is 0 Å². The molecule has 20 heavy (non-hydrogen) atoms. The number of H-pyrrole nitrogens is 2. The van der Waals surface area contributed by atoms with Crippen LogP contribution in [0.25, 0.3) is 22.6 Å². The quantitative estimate of drug-likeness (QED) is 0.764. The maximum absolute atomic E-state index is 4.60. The van der Waals surface area contributed by atoms with E-state index in [2.05, 4.69) is 50.5 Å². The maximum Gasteiger partial charge on any atom is 0.184 e. The van der Waals surface area contributed by atoms with Gasteiger partial charge in [0.2, 0.25) is 0 Å². The van der Waals surface area contributed by atoms with Crippen LogP contribution in [0.1, 0.15) is 30.1 Å². The molecule has 2 heterocycles. The van der Waals surface area contributed by atoms with Gasteiger partial charge in [-0.3, -0.25) is 10.2 Å². The lowest BCUT2D eigenvalue weighted by Crippen LogP contribution is -1.86. The summed E-state index contributed by atoms with van der Waals surface area (Å²) >= 11 is 0. The van der Waals surface area contributed by atoms with Crippen LogP contribution in [0.4, 0.5) is 0 Å². The minimum atomic E-state index is 0.575. The Hall–Kier alpha value is -2.43. The Labute approximate surface area is 116 Å². The van der Waals surface area contributed by atoms with Gasteiger partial charge in [-0.1, -0.05) is 23.8 Å². The van der Waals surface area contributed by atoms with Crippen molar-refractivity contribution in [1.29, 1.82) is 0 Å². The first kappa shape index (κ1) is 11.4. The van der Waals surface area contributed by atoms with Gasteiger partial charge in [0.15, 0.2) is 5.82 Å². The van der Waals surface area contributed by atoms with E-state index in [-0.39, 0.29) is 0 Å². The fraction of sp³-hybridized carbons (Fsp3) is 0.267. The summed E-state index contributed by atoms with van der Waals surface area (Å²) in [6.45, 7) is 2.08. The fourth-order valence-corrected chi connectivity index (χ4v) is 2.41. The first-order valence-corrected chi connectivity index (χ1v) is 6.84. The Bertz CT molecular complexity index is 751. The van der Waals surface area contributed by atoms with Crippen molar-refractivity contribution < 1.29 is 0 Å². The lowest BCUT2D eigenvalue weighted by atomic mass is 10.1. The van der Waals surface area contributed by atoms with Gasteiger partial charge in [-0.2, -0.15) is 10.2 Å². The van der Waals surface area contributed by atoms with Crippen molar-refractivity contribution in [2.75, 3.05) is 0 Å². The van der Waals surface area contributed by atoms with E-state index in [9.17, 15) is 0 Å². The molecule has 1 aromatic carbocycles. The Morgan fingerprint density at radius 2 is 2.10 bits per heavy atom. The van der Waals surface area contributed by atoms with Crippen molar-refractivity contribution in [3.05, 3.63) is 41.9 Å². The largest absolute Gasteiger partial charge is 0.277 e. The molecule has 2 N–H and O–H groups in total. The molecule has 5 heteroatoms. The zero-order valence-corrected chi connectivity index (χ0v) is 11.2. The van der Waals surface area contributed by atoms with Gasteiger partial charge in [0, 0.05) is 11.5 Å².